The summed E-state index contributed by atoms with van der Waals surface area (Å²) in [5.74, 6) is 0. The topological polar surface area (TPSA) is 52.0 Å². The van der Waals surface area contributed by atoms with E-state index in [1.165, 1.54) is 0 Å². The van der Waals surface area contributed by atoms with E-state index in [0.29, 0.717) is 5.58 Å². The van der Waals surface area contributed by atoms with Gasteiger partial charge in [-0.1, -0.05) is 11.6 Å². The lowest BCUT2D eigenvalue weighted by Gasteiger charge is -2.00. The van der Waals surface area contributed by atoms with E-state index in [9.17, 15) is 0 Å². The van der Waals surface area contributed by atoms with E-state index in [1.807, 2.05) is 19.9 Å². The molecule has 3 nitrogen and oxygen atoms in total. The van der Waals surface area contributed by atoms with Crippen LogP contribution >= 0.6 is 11.6 Å². The number of anilines is 1. The molecule has 1 heterocycles. The highest BCUT2D eigenvalue weighted by Gasteiger charge is 2.10. The van der Waals surface area contributed by atoms with Gasteiger partial charge in [-0.3, -0.25) is 0 Å². The largest absolute Gasteiger partial charge is 0.424 e. The zero-order chi connectivity index (χ0) is 9.59. The van der Waals surface area contributed by atoms with Gasteiger partial charge < -0.3 is 10.2 Å². The van der Waals surface area contributed by atoms with E-state index < -0.39 is 0 Å². The van der Waals surface area contributed by atoms with Crippen molar-refractivity contribution in [1.82, 2.24) is 4.98 Å². The Morgan fingerprint density at radius 3 is 2.85 bits per heavy atom. The van der Waals surface area contributed by atoms with Gasteiger partial charge in [0.25, 0.3) is 6.01 Å². The van der Waals surface area contributed by atoms with Crippen LogP contribution in [0.2, 0.25) is 5.02 Å². The molecular weight excluding hydrogens is 188 g/mol. The van der Waals surface area contributed by atoms with E-state index in [2.05, 4.69) is 4.98 Å². The number of oxazole rings is 1. The monoisotopic (exact) mass is 196 g/mol. The van der Waals surface area contributed by atoms with Gasteiger partial charge in [0.15, 0.2) is 5.58 Å². The van der Waals surface area contributed by atoms with E-state index in [-0.39, 0.29) is 6.01 Å². The van der Waals surface area contributed by atoms with Crippen molar-refractivity contribution in [2.24, 2.45) is 0 Å². The summed E-state index contributed by atoms with van der Waals surface area (Å²) in [7, 11) is 0. The SMILES string of the molecule is Cc1cc2oc(N)nc2c(C)c1Cl. The maximum absolute atomic E-state index is 6.04. The van der Waals surface area contributed by atoms with E-state index >= 15 is 0 Å². The van der Waals surface area contributed by atoms with E-state index in [0.717, 1.165) is 21.7 Å². The number of nitrogen functional groups attached to an aromatic ring is 1. The number of fused-ring (bicyclic) bond motifs is 1. The van der Waals surface area contributed by atoms with Gasteiger partial charge in [-0.25, -0.2) is 0 Å². The number of hydrogen-bond acceptors (Lipinski definition) is 3. The first kappa shape index (κ1) is 8.38. The highest BCUT2D eigenvalue weighted by Crippen LogP contribution is 2.29. The van der Waals surface area contributed by atoms with Gasteiger partial charge in [-0.2, -0.15) is 4.98 Å². The van der Waals surface area contributed by atoms with Crippen LogP contribution in [0.4, 0.5) is 6.01 Å². The molecule has 13 heavy (non-hydrogen) atoms. The number of halogens is 1. The number of aryl methyl sites for hydroxylation is 2. The van der Waals surface area contributed by atoms with Crippen LogP contribution in [0.5, 0.6) is 0 Å². The summed E-state index contributed by atoms with van der Waals surface area (Å²) in [5.41, 5.74) is 8.76. The van der Waals surface area contributed by atoms with Crippen molar-refractivity contribution in [3.63, 3.8) is 0 Å². The predicted molar refractivity (Wildman–Crippen MR) is 52.9 cm³/mol. The second kappa shape index (κ2) is 2.64. The van der Waals surface area contributed by atoms with Crippen LogP contribution in [0.3, 0.4) is 0 Å². The van der Waals surface area contributed by atoms with Crippen molar-refractivity contribution >= 4 is 28.7 Å². The highest BCUT2D eigenvalue weighted by molar-refractivity contribution is 6.33. The van der Waals surface area contributed by atoms with Crippen molar-refractivity contribution < 1.29 is 4.42 Å². The lowest BCUT2D eigenvalue weighted by Crippen LogP contribution is -1.84. The van der Waals surface area contributed by atoms with Crippen LogP contribution in [-0.4, -0.2) is 4.98 Å². The summed E-state index contributed by atoms with van der Waals surface area (Å²) in [6.07, 6.45) is 0. The smallest absolute Gasteiger partial charge is 0.292 e. The summed E-state index contributed by atoms with van der Waals surface area (Å²) in [4.78, 5) is 4.04. The van der Waals surface area contributed by atoms with Gasteiger partial charge >= 0.3 is 0 Å². The number of nitrogens with zero attached hydrogens (tertiary/aromatic N) is 1. The number of aromatic nitrogens is 1. The molecule has 0 fully saturated rings. The molecule has 0 saturated heterocycles. The molecular formula is C9H9ClN2O. The molecule has 68 valence electrons. The molecule has 0 aliphatic rings. The molecule has 0 saturated carbocycles. The fourth-order valence-electron chi connectivity index (χ4n) is 1.38. The van der Waals surface area contributed by atoms with Gasteiger partial charge in [0.2, 0.25) is 0 Å². The fourth-order valence-corrected chi connectivity index (χ4v) is 1.52. The van der Waals surface area contributed by atoms with Gasteiger partial charge in [-0.15, -0.1) is 0 Å². The van der Waals surface area contributed by atoms with Crippen LogP contribution in [0.25, 0.3) is 11.1 Å². The molecule has 0 aliphatic carbocycles. The lowest BCUT2D eigenvalue weighted by atomic mass is 10.1. The quantitative estimate of drug-likeness (QED) is 0.705. The molecule has 1 aromatic carbocycles. The number of benzene rings is 1. The van der Waals surface area contributed by atoms with Crippen molar-refractivity contribution in [2.75, 3.05) is 5.73 Å². The van der Waals surface area contributed by atoms with Crippen molar-refractivity contribution in [1.29, 1.82) is 0 Å². The second-order valence-electron chi connectivity index (χ2n) is 3.03. The van der Waals surface area contributed by atoms with Gasteiger partial charge in [-0.05, 0) is 31.0 Å². The van der Waals surface area contributed by atoms with Gasteiger partial charge in [0, 0.05) is 5.02 Å². The summed E-state index contributed by atoms with van der Waals surface area (Å²) < 4.78 is 5.19. The first-order chi connectivity index (χ1) is 6.09. The van der Waals surface area contributed by atoms with Crippen molar-refractivity contribution in [3.05, 3.63) is 22.2 Å². The summed E-state index contributed by atoms with van der Waals surface area (Å²) >= 11 is 6.04. The molecule has 0 aliphatic heterocycles. The van der Waals surface area contributed by atoms with Crippen LogP contribution in [0, 0.1) is 13.8 Å². The zero-order valence-corrected chi connectivity index (χ0v) is 8.14. The Labute approximate surface area is 80.5 Å². The minimum absolute atomic E-state index is 0.180. The third-order valence-corrected chi connectivity index (χ3v) is 2.63. The number of hydrogen-bond donors (Lipinski definition) is 1. The zero-order valence-electron chi connectivity index (χ0n) is 7.39. The summed E-state index contributed by atoms with van der Waals surface area (Å²) in [6, 6.07) is 2.02. The van der Waals surface area contributed by atoms with E-state index in [4.69, 9.17) is 21.8 Å². The molecule has 0 spiro atoms. The molecule has 0 bridgehead atoms. The average molecular weight is 197 g/mol. The van der Waals surface area contributed by atoms with E-state index in [1.54, 1.807) is 0 Å². The average Bonchev–Trinajstić information content (AvgIpc) is 2.42. The van der Waals surface area contributed by atoms with Crippen LogP contribution in [-0.2, 0) is 0 Å². The van der Waals surface area contributed by atoms with Crippen molar-refractivity contribution in [2.45, 2.75) is 13.8 Å². The Kier molecular flexibility index (Phi) is 1.70. The molecule has 0 radical (unpaired) electrons. The maximum Gasteiger partial charge on any atom is 0.292 e. The Morgan fingerprint density at radius 2 is 2.15 bits per heavy atom. The standard InChI is InChI=1S/C9H9ClN2O/c1-4-3-6-8(5(2)7(4)10)12-9(11)13-6/h3H,1-2H3,(H2,11,12). The minimum Gasteiger partial charge on any atom is -0.424 e. The third-order valence-electron chi connectivity index (χ3n) is 2.05. The first-order valence-electron chi connectivity index (χ1n) is 3.91. The van der Waals surface area contributed by atoms with Gasteiger partial charge in [0.05, 0.1) is 0 Å². The predicted octanol–water partition coefficient (Wildman–Crippen LogP) is 2.68. The molecule has 0 unspecified atom stereocenters. The maximum atomic E-state index is 6.04. The molecule has 4 heteroatoms. The Bertz CT molecular complexity index is 476. The fraction of sp³-hybridized carbons (Fsp3) is 0.222. The Hall–Kier alpha value is -1.22. The molecule has 0 atom stereocenters. The summed E-state index contributed by atoms with van der Waals surface area (Å²) in [6.45, 7) is 3.83. The minimum atomic E-state index is 0.180. The normalized spacial score (nSPS) is 11.0. The molecule has 0 amide bonds. The summed E-state index contributed by atoms with van der Waals surface area (Å²) in [5, 5.41) is 0.723. The van der Waals surface area contributed by atoms with Gasteiger partial charge in [0.1, 0.15) is 5.52 Å². The molecule has 1 aromatic heterocycles. The highest BCUT2D eigenvalue weighted by atomic mass is 35.5. The Balaban J connectivity index is 2.92. The lowest BCUT2D eigenvalue weighted by molar-refractivity contribution is 0.626. The Morgan fingerprint density at radius 1 is 1.46 bits per heavy atom. The first-order valence-corrected chi connectivity index (χ1v) is 4.29. The molecule has 2 N–H and O–H groups in total. The van der Waals surface area contributed by atoms with Crippen LogP contribution in [0.15, 0.2) is 10.5 Å². The van der Waals surface area contributed by atoms with Crippen LogP contribution < -0.4 is 5.73 Å². The second-order valence-corrected chi connectivity index (χ2v) is 3.41. The van der Waals surface area contributed by atoms with Crippen molar-refractivity contribution in [3.8, 4) is 0 Å². The number of nitrogens with two attached hydrogens (primary N) is 1. The number of rotatable bonds is 0. The molecule has 2 rings (SSSR count). The third kappa shape index (κ3) is 1.16. The molecule has 2 aromatic rings. The van der Waals surface area contributed by atoms with Crippen LogP contribution in [0.1, 0.15) is 11.1 Å².